The summed E-state index contributed by atoms with van der Waals surface area (Å²) < 4.78 is 2.99. The molecule has 0 fully saturated rings. The molecule has 3 rings (SSSR count). The molecule has 0 bridgehead atoms. The SMILES string of the molecule is Cc1ccc2nc(-c3ccc(Br)cc3Cl)cn2c1. The van der Waals surface area contributed by atoms with Gasteiger partial charge in [0.15, 0.2) is 0 Å². The summed E-state index contributed by atoms with van der Waals surface area (Å²) in [5.41, 5.74) is 3.96. The van der Waals surface area contributed by atoms with Crippen LogP contribution < -0.4 is 0 Å². The number of aromatic nitrogens is 2. The molecule has 0 spiro atoms. The maximum atomic E-state index is 6.24. The highest BCUT2D eigenvalue weighted by molar-refractivity contribution is 9.10. The molecular weight excluding hydrogens is 312 g/mol. The first-order chi connectivity index (χ1) is 8.63. The molecule has 18 heavy (non-hydrogen) atoms. The fourth-order valence-corrected chi connectivity index (χ4v) is 2.70. The Morgan fingerprint density at radius 1 is 1.17 bits per heavy atom. The average molecular weight is 322 g/mol. The van der Waals surface area contributed by atoms with Gasteiger partial charge in [-0.15, -0.1) is 0 Å². The van der Waals surface area contributed by atoms with Gasteiger partial charge in [0.1, 0.15) is 5.65 Å². The first-order valence-electron chi connectivity index (χ1n) is 5.54. The van der Waals surface area contributed by atoms with E-state index in [2.05, 4.69) is 40.1 Å². The van der Waals surface area contributed by atoms with Gasteiger partial charge in [-0.1, -0.05) is 39.7 Å². The predicted octanol–water partition coefficient (Wildman–Crippen LogP) is 4.73. The molecule has 2 nitrogen and oxygen atoms in total. The Bertz CT molecular complexity index is 734. The van der Waals surface area contributed by atoms with Crippen LogP contribution in [0.5, 0.6) is 0 Å². The minimum atomic E-state index is 0.699. The van der Waals surface area contributed by atoms with Crippen LogP contribution in [0.25, 0.3) is 16.9 Å². The molecule has 4 heteroatoms. The van der Waals surface area contributed by atoms with Gasteiger partial charge in [-0.2, -0.15) is 0 Å². The number of hydrogen-bond donors (Lipinski definition) is 0. The summed E-state index contributed by atoms with van der Waals surface area (Å²) in [6, 6.07) is 9.88. The first-order valence-corrected chi connectivity index (χ1v) is 6.71. The molecule has 2 heterocycles. The van der Waals surface area contributed by atoms with E-state index in [1.165, 1.54) is 5.56 Å². The van der Waals surface area contributed by atoms with Crippen molar-refractivity contribution < 1.29 is 0 Å². The van der Waals surface area contributed by atoms with E-state index in [1.54, 1.807) is 0 Å². The average Bonchev–Trinajstić information content (AvgIpc) is 2.71. The minimum Gasteiger partial charge on any atom is -0.306 e. The minimum absolute atomic E-state index is 0.699. The van der Waals surface area contributed by atoms with Gasteiger partial charge in [0.05, 0.1) is 10.7 Å². The van der Waals surface area contributed by atoms with Crippen molar-refractivity contribution in [2.24, 2.45) is 0 Å². The Morgan fingerprint density at radius 3 is 2.78 bits per heavy atom. The van der Waals surface area contributed by atoms with Crippen LogP contribution in [-0.4, -0.2) is 9.38 Å². The lowest BCUT2D eigenvalue weighted by Crippen LogP contribution is -1.82. The van der Waals surface area contributed by atoms with Crippen LogP contribution in [-0.2, 0) is 0 Å². The highest BCUT2D eigenvalue weighted by atomic mass is 79.9. The van der Waals surface area contributed by atoms with Crippen LogP contribution in [0.3, 0.4) is 0 Å². The number of hydrogen-bond acceptors (Lipinski definition) is 1. The molecule has 0 radical (unpaired) electrons. The number of fused-ring (bicyclic) bond motifs is 1. The Morgan fingerprint density at radius 2 is 2.00 bits per heavy atom. The van der Waals surface area contributed by atoms with Gasteiger partial charge in [-0.05, 0) is 30.7 Å². The van der Waals surface area contributed by atoms with Crippen LogP contribution in [0.15, 0.2) is 47.2 Å². The summed E-state index contributed by atoms with van der Waals surface area (Å²) in [5, 5.41) is 0.699. The number of nitrogens with zero attached hydrogens (tertiary/aromatic N) is 2. The third-order valence-electron chi connectivity index (χ3n) is 2.81. The fraction of sp³-hybridized carbons (Fsp3) is 0.0714. The molecule has 0 N–H and O–H groups in total. The van der Waals surface area contributed by atoms with Crippen molar-refractivity contribution in [3.05, 3.63) is 57.8 Å². The summed E-state index contributed by atoms with van der Waals surface area (Å²) >= 11 is 9.65. The lowest BCUT2D eigenvalue weighted by molar-refractivity contribution is 1.16. The van der Waals surface area contributed by atoms with E-state index < -0.39 is 0 Å². The number of rotatable bonds is 1. The molecule has 0 aliphatic heterocycles. The van der Waals surface area contributed by atoms with Crippen molar-refractivity contribution in [1.29, 1.82) is 0 Å². The molecule has 0 amide bonds. The quantitative estimate of drug-likeness (QED) is 0.633. The van der Waals surface area contributed by atoms with Gasteiger partial charge in [-0.3, -0.25) is 0 Å². The number of aryl methyl sites for hydroxylation is 1. The van der Waals surface area contributed by atoms with Crippen molar-refractivity contribution >= 4 is 33.2 Å². The predicted molar refractivity (Wildman–Crippen MR) is 78.1 cm³/mol. The van der Waals surface area contributed by atoms with Crippen molar-refractivity contribution in [3.8, 4) is 11.3 Å². The van der Waals surface area contributed by atoms with Crippen molar-refractivity contribution in [2.45, 2.75) is 6.92 Å². The van der Waals surface area contributed by atoms with Gasteiger partial charge in [-0.25, -0.2) is 4.98 Å². The molecule has 0 saturated heterocycles. The van der Waals surface area contributed by atoms with E-state index in [-0.39, 0.29) is 0 Å². The van der Waals surface area contributed by atoms with E-state index >= 15 is 0 Å². The maximum absolute atomic E-state index is 6.24. The summed E-state index contributed by atoms with van der Waals surface area (Å²) in [4.78, 5) is 4.58. The molecule has 0 unspecified atom stereocenters. The van der Waals surface area contributed by atoms with Crippen LogP contribution in [0.2, 0.25) is 5.02 Å². The third-order valence-corrected chi connectivity index (χ3v) is 3.61. The topological polar surface area (TPSA) is 17.3 Å². The van der Waals surface area contributed by atoms with E-state index in [9.17, 15) is 0 Å². The van der Waals surface area contributed by atoms with Crippen LogP contribution in [0.1, 0.15) is 5.56 Å². The second-order valence-electron chi connectivity index (χ2n) is 4.22. The normalized spacial score (nSPS) is 11.1. The molecule has 0 aliphatic rings. The van der Waals surface area contributed by atoms with Gasteiger partial charge >= 0.3 is 0 Å². The van der Waals surface area contributed by atoms with E-state index in [4.69, 9.17) is 11.6 Å². The molecule has 1 aromatic carbocycles. The van der Waals surface area contributed by atoms with Crippen molar-refractivity contribution in [2.75, 3.05) is 0 Å². The summed E-state index contributed by atoms with van der Waals surface area (Å²) in [5.74, 6) is 0. The fourth-order valence-electron chi connectivity index (χ4n) is 1.93. The summed E-state index contributed by atoms with van der Waals surface area (Å²) in [6.07, 6.45) is 4.05. The number of imidazole rings is 1. The number of benzene rings is 1. The monoisotopic (exact) mass is 320 g/mol. The van der Waals surface area contributed by atoms with Gasteiger partial charge in [0, 0.05) is 22.4 Å². The zero-order chi connectivity index (χ0) is 12.7. The summed E-state index contributed by atoms with van der Waals surface area (Å²) in [7, 11) is 0. The van der Waals surface area contributed by atoms with E-state index in [1.807, 2.05) is 34.9 Å². The molecule has 0 aliphatic carbocycles. The Balaban J connectivity index is 2.19. The Kier molecular flexibility index (Phi) is 2.88. The molecule has 0 saturated carbocycles. The zero-order valence-corrected chi connectivity index (χ0v) is 12.0. The van der Waals surface area contributed by atoms with Crippen LogP contribution in [0.4, 0.5) is 0 Å². The van der Waals surface area contributed by atoms with E-state index in [0.717, 1.165) is 21.4 Å². The first kappa shape index (κ1) is 11.8. The van der Waals surface area contributed by atoms with E-state index in [0.29, 0.717) is 5.02 Å². The largest absolute Gasteiger partial charge is 0.306 e. The lowest BCUT2D eigenvalue weighted by atomic mass is 10.2. The Hall–Kier alpha value is -1.32. The lowest BCUT2D eigenvalue weighted by Gasteiger charge is -2.00. The standard InChI is InChI=1S/C14H10BrClN2/c1-9-2-5-14-17-13(8-18(14)7-9)11-4-3-10(15)6-12(11)16/h2-8H,1H3. The second kappa shape index (κ2) is 4.41. The highest BCUT2D eigenvalue weighted by Gasteiger charge is 2.08. The Labute approximate surface area is 118 Å². The van der Waals surface area contributed by atoms with Crippen LogP contribution in [0, 0.1) is 6.92 Å². The molecule has 0 atom stereocenters. The third kappa shape index (κ3) is 2.04. The zero-order valence-electron chi connectivity index (χ0n) is 9.69. The summed E-state index contributed by atoms with van der Waals surface area (Å²) in [6.45, 7) is 2.06. The van der Waals surface area contributed by atoms with Crippen LogP contribution >= 0.6 is 27.5 Å². The molecule has 3 aromatic rings. The van der Waals surface area contributed by atoms with Crippen molar-refractivity contribution in [1.82, 2.24) is 9.38 Å². The maximum Gasteiger partial charge on any atom is 0.137 e. The second-order valence-corrected chi connectivity index (χ2v) is 5.55. The molecule has 90 valence electrons. The van der Waals surface area contributed by atoms with Gasteiger partial charge < -0.3 is 4.40 Å². The smallest absolute Gasteiger partial charge is 0.137 e. The van der Waals surface area contributed by atoms with Gasteiger partial charge in [0.2, 0.25) is 0 Å². The molecular formula is C14H10BrClN2. The number of pyridine rings is 1. The molecule has 2 aromatic heterocycles. The van der Waals surface area contributed by atoms with Gasteiger partial charge in [0.25, 0.3) is 0 Å². The van der Waals surface area contributed by atoms with Crippen molar-refractivity contribution in [3.63, 3.8) is 0 Å². The highest BCUT2D eigenvalue weighted by Crippen LogP contribution is 2.30. The number of halogens is 2.